The third kappa shape index (κ3) is 4.01. The highest BCUT2D eigenvalue weighted by Crippen LogP contribution is 2.66. The standard InChI is InChI=1S/C25H40N2O5S/c1-23(2)18-9-10-24(23,22(28)14-18)17-33(30,31)27-12-11-25(29,20(16-27)15-26(3)4)19-7-6-8-21(13-19)32-5/h6-8,13,18,20,22,28-29H,9-12,14-17H2,1-5H3/t18?,20?,22?,24-,25?/m0/s1. The van der Waals surface area contributed by atoms with Crippen molar-refractivity contribution in [2.24, 2.45) is 22.7 Å². The average molecular weight is 481 g/mol. The van der Waals surface area contributed by atoms with E-state index >= 15 is 0 Å². The average Bonchev–Trinajstić information content (AvgIpc) is 3.09. The molecular weight excluding hydrogens is 440 g/mol. The predicted octanol–water partition coefficient (Wildman–Crippen LogP) is 2.28. The zero-order chi connectivity index (χ0) is 24.2. The topological polar surface area (TPSA) is 90.3 Å². The Morgan fingerprint density at radius 1 is 1.24 bits per heavy atom. The second kappa shape index (κ2) is 8.48. The van der Waals surface area contributed by atoms with Crippen LogP contribution in [-0.2, 0) is 15.6 Å². The molecule has 7 nitrogen and oxygen atoms in total. The van der Waals surface area contributed by atoms with E-state index in [0.717, 1.165) is 18.4 Å². The number of piperidine rings is 1. The maximum Gasteiger partial charge on any atom is 0.214 e. The van der Waals surface area contributed by atoms with Crippen LogP contribution in [0.25, 0.3) is 0 Å². The maximum absolute atomic E-state index is 13.7. The minimum atomic E-state index is -3.61. The van der Waals surface area contributed by atoms with Crippen LogP contribution in [0.4, 0.5) is 0 Å². The number of aliphatic hydroxyl groups is 2. The third-order valence-electron chi connectivity index (χ3n) is 9.22. The Labute approximate surface area is 198 Å². The molecule has 33 heavy (non-hydrogen) atoms. The lowest BCUT2D eigenvalue weighted by atomic mass is 9.70. The first-order valence-corrected chi connectivity index (χ1v) is 13.6. The molecule has 3 aliphatic rings. The van der Waals surface area contributed by atoms with Crippen molar-refractivity contribution in [3.8, 4) is 5.75 Å². The van der Waals surface area contributed by atoms with E-state index in [4.69, 9.17) is 4.74 Å². The van der Waals surface area contributed by atoms with Gasteiger partial charge < -0.3 is 19.8 Å². The van der Waals surface area contributed by atoms with Crippen LogP contribution < -0.4 is 4.74 Å². The molecule has 5 atom stereocenters. The van der Waals surface area contributed by atoms with Crippen molar-refractivity contribution in [1.82, 2.24) is 9.21 Å². The SMILES string of the molecule is COc1cccc(C2(O)CCN(S(=O)(=O)C[C@@]34CCC(CC3O)C4(C)C)CC2CN(C)C)c1. The van der Waals surface area contributed by atoms with Crippen LogP contribution in [0, 0.1) is 22.7 Å². The minimum Gasteiger partial charge on any atom is -0.497 e. The molecule has 1 aromatic rings. The summed E-state index contributed by atoms with van der Waals surface area (Å²) in [5, 5.41) is 22.7. The highest BCUT2D eigenvalue weighted by Gasteiger charge is 2.65. The summed E-state index contributed by atoms with van der Waals surface area (Å²) in [6, 6.07) is 7.45. The molecule has 2 saturated carbocycles. The predicted molar refractivity (Wildman–Crippen MR) is 128 cm³/mol. The molecular formula is C25H40N2O5S. The van der Waals surface area contributed by atoms with Crippen molar-refractivity contribution >= 4 is 10.0 Å². The summed E-state index contributed by atoms with van der Waals surface area (Å²) in [5.74, 6) is 0.741. The van der Waals surface area contributed by atoms with Gasteiger partial charge in [0.2, 0.25) is 10.0 Å². The fourth-order valence-corrected chi connectivity index (χ4v) is 9.28. The second-order valence-corrected chi connectivity index (χ2v) is 13.3. The first-order valence-electron chi connectivity index (χ1n) is 12.0. The van der Waals surface area contributed by atoms with E-state index in [2.05, 4.69) is 13.8 Å². The van der Waals surface area contributed by atoms with Crippen molar-refractivity contribution in [1.29, 1.82) is 0 Å². The molecule has 0 radical (unpaired) electrons. The van der Waals surface area contributed by atoms with Gasteiger partial charge in [-0.1, -0.05) is 26.0 Å². The number of hydrogen-bond acceptors (Lipinski definition) is 6. The van der Waals surface area contributed by atoms with Crippen LogP contribution in [0.5, 0.6) is 5.75 Å². The zero-order valence-electron chi connectivity index (χ0n) is 20.6. The van der Waals surface area contributed by atoms with E-state index in [-0.39, 0.29) is 30.2 Å². The van der Waals surface area contributed by atoms with E-state index in [0.29, 0.717) is 31.1 Å². The molecule has 2 bridgehead atoms. The maximum atomic E-state index is 13.7. The highest BCUT2D eigenvalue weighted by atomic mass is 32.2. The molecule has 3 fully saturated rings. The fraction of sp³-hybridized carbons (Fsp3) is 0.760. The van der Waals surface area contributed by atoms with E-state index < -0.39 is 27.1 Å². The van der Waals surface area contributed by atoms with Gasteiger partial charge in [-0.15, -0.1) is 0 Å². The molecule has 4 unspecified atom stereocenters. The van der Waals surface area contributed by atoms with Gasteiger partial charge in [-0.2, -0.15) is 0 Å². The van der Waals surface area contributed by atoms with Crippen LogP contribution in [0.15, 0.2) is 24.3 Å². The smallest absolute Gasteiger partial charge is 0.214 e. The molecule has 1 aromatic carbocycles. The van der Waals surface area contributed by atoms with E-state index in [9.17, 15) is 18.6 Å². The van der Waals surface area contributed by atoms with Crippen LogP contribution >= 0.6 is 0 Å². The van der Waals surface area contributed by atoms with E-state index in [1.54, 1.807) is 11.4 Å². The Balaban J connectivity index is 1.60. The zero-order valence-corrected chi connectivity index (χ0v) is 21.4. The summed E-state index contributed by atoms with van der Waals surface area (Å²) in [7, 11) is 1.87. The number of rotatable bonds is 7. The third-order valence-corrected chi connectivity index (χ3v) is 11.2. The molecule has 8 heteroatoms. The summed E-state index contributed by atoms with van der Waals surface area (Å²) >= 11 is 0. The lowest BCUT2D eigenvalue weighted by Gasteiger charge is -2.47. The molecule has 2 N–H and O–H groups in total. The Bertz CT molecular complexity index is 981. The van der Waals surface area contributed by atoms with Gasteiger partial charge in [0, 0.05) is 31.0 Å². The van der Waals surface area contributed by atoms with Crippen molar-refractivity contribution in [2.45, 2.75) is 51.2 Å². The number of aliphatic hydroxyl groups excluding tert-OH is 1. The lowest BCUT2D eigenvalue weighted by Crippen LogP contribution is -2.56. The molecule has 1 aliphatic heterocycles. The number of hydrogen-bond donors (Lipinski definition) is 2. The van der Waals surface area contributed by atoms with Gasteiger partial charge in [0.15, 0.2) is 0 Å². The lowest BCUT2D eigenvalue weighted by molar-refractivity contribution is -0.0703. The molecule has 0 aromatic heterocycles. The summed E-state index contributed by atoms with van der Waals surface area (Å²) < 4.78 is 34.4. The Kier molecular flexibility index (Phi) is 6.41. The number of ether oxygens (including phenoxy) is 1. The second-order valence-electron chi connectivity index (χ2n) is 11.3. The fourth-order valence-electron chi connectivity index (χ4n) is 6.96. The van der Waals surface area contributed by atoms with Crippen molar-refractivity contribution < 1.29 is 23.4 Å². The monoisotopic (exact) mass is 480 g/mol. The summed E-state index contributed by atoms with van der Waals surface area (Å²) in [6.45, 7) is 5.33. The number of nitrogens with zero attached hydrogens (tertiary/aromatic N) is 2. The van der Waals surface area contributed by atoms with Gasteiger partial charge in [0.25, 0.3) is 0 Å². The molecule has 2 aliphatic carbocycles. The van der Waals surface area contributed by atoms with Crippen LogP contribution in [0.2, 0.25) is 0 Å². The highest BCUT2D eigenvalue weighted by molar-refractivity contribution is 7.89. The Morgan fingerprint density at radius 3 is 2.55 bits per heavy atom. The van der Waals surface area contributed by atoms with Gasteiger partial charge in [0.1, 0.15) is 5.75 Å². The number of fused-ring (bicyclic) bond motifs is 2. The van der Waals surface area contributed by atoms with Crippen LogP contribution in [-0.4, -0.2) is 80.5 Å². The van der Waals surface area contributed by atoms with Crippen molar-refractivity contribution in [3.05, 3.63) is 29.8 Å². The summed E-state index contributed by atoms with van der Waals surface area (Å²) in [6.07, 6.45) is 2.18. The quantitative estimate of drug-likeness (QED) is 0.622. The molecule has 1 heterocycles. The number of methoxy groups -OCH3 is 1. The largest absolute Gasteiger partial charge is 0.497 e. The van der Waals surface area contributed by atoms with Crippen molar-refractivity contribution in [3.63, 3.8) is 0 Å². The van der Waals surface area contributed by atoms with E-state index in [1.807, 2.05) is 43.3 Å². The summed E-state index contributed by atoms with van der Waals surface area (Å²) in [4.78, 5) is 2.00. The molecule has 0 spiro atoms. The van der Waals surface area contributed by atoms with Gasteiger partial charge >= 0.3 is 0 Å². The van der Waals surface area contributed by atoms with Gasteiger partial charge in [0.05, 0.1) is 24.6 Å². The number of benzene rings is 1. The molecule has 186 valence electrons. The first kappa shape index (κ1) is 24.9. The summed E-state index contributed by atoms with van der Waals surface area (Å²) in [5.41, 5.74) is -1.17. The van der Waals surface area contributed by atoms with Gasteiger partial charge in [-0.05, 0) is 68.8 Å². The molecule has 4 rings (SSSR count). The van der Waals surface area contributed by atoms with Crippen molar-refractivity contribution in [2.75, 3.05) is 46.6 Å². The minimum absolute atomic E-state index is 0.0169. The van der Waals surface area contributed by atoms with E-state index in [1.165, 1.54) is 0 Å². The molecule has 1 saturated heterocycles. The van der Waals surface area contributed by atoms with Gasteiger partial charge in [-0.25, -0.2) is 12.7 Å². The van der Waals surface area contributed by atoms with Gasteiger partial charge in [-0.3, -0.25) is 0 Å². The van der Waals surface area contributed by atoms with Crippen LogP contribution in [0.3, 0.4) is 0 Å². The molecule has 0 amide bonds. The number of sulfonamides is 1. The Morgan fingerprint density at radius 2 is 1.97 bits per heavy atom. The normalized spacial score (nSPS) is 36.4. The first-order chi connectivity index (χ1) is 15.4. The Hall–Kier alpha value is -1.19. The van der Waals surface area contributed by atoms with Crippen LogP contribution in [0.1, 0.15) is 45.1 Å².